The molecule has 1 aliphatic carbocycles. The first-order valence-corrected chi connectivity index (χ1v) is 12.7. The number of nitrogens with zero attached hydrogens (tertiary/aromatic N) is 5. The molecule has 1 fully saturated rings. The third kappa shape index (κ3) is 3.98. The summed E-state index contributed by atoms with van der Waals surface area (Å²) in [5.41, 5.74) is 7.71. The second-order valence-corrected chi connectivity index (χ2v) is 9.70. The fourth-order valence-corrected chi connectivity index (χ4v) is 5.30. The van der Waals surface area contributed by atoms with Crippen molar-refractivity contribution >= 4 is 33.5 Å². The van der Waals surface area contributed by atoms with Crippen LogP contribution in [0.25, 0.3) is 55.6 Å². The fraction of sp³-hybridized carbons (Fsp3) is 0.172. The van der Waals surface area contributed by atoms with E-state index in [0.717, 1.165) is 75.6 Å². The predicted molar refractivity (Wildman–Crippen MR) is 146 cm³/mol. The second kappa shape index (κ2) is 9.19. The standard InChI is InChI=1S/C29H24N8O/c38-29(17-4-1-2-5-17)34-21-8-19(12-31-14-21)20-9-23-27(36-37-28(23)33-13-20)25-10-22-24(15-32-16-26(22)35-25)18-6-3-7-30-11-18/h3,6-17,35H,1-2,4-5H2,(H,34,38)(H,33,36,37). The lowest BCUT2D eigenvalue weighted by atomic mass is 10.0. The largest absolute Gasteiger partial charge is 0.352 e. The van der Waals surface area contributed by atoms with Gasteiger partial charge in [0.2, 0.25) is 5.91 Å². The summed E-state index contributed by atoms with van der Waals surface area (Å²) in [7, 11) is 0. The Kier molecular flexibility index (Phi) is 5.39. The molecule has 3 N–H and O–H groups in total. The number of aromatic nitrogens is 7. The number of fused-ring (bicyclic) bond motifs is 2. The summed E-state index contributed by atoms with van der Waals surface area (Å²) in [6.45, 7) is 0. The highest BCUT2D eigenvalue weighted by atomic mass is 16.1. The Morgan fingerprint density at radius 1 is 0.868 bits per heavy atom. The number of rotatable bonds is 5. The summed E-state index contributed by atoms with van der Waals surface area (Å²) in [6.07, 6.45) is 16.7. The molecule has 0 atom stereocenters. The van der Waals surface area contributed by atoms with Crippen molar-refractivity contribution in [2.75, 3.05) is 5.32 Å². The lowest BCUT2D eigenvalue weighted by molar-refractivity contribution is -0.119. The number of aromatic amines is 2. The molecule has 0 unspecified atom stereocenters. The van der Waals surface area contributed by atoms with E-state index in [1.165, 1.54) is 0 Å². The topological polar surface area (TPSA) is 125 Å². The van der Waals surface area contributed by atoms with E-state index >= 15 is 0 Å². The molecule has 6 heterocycles. The van der Waals surface area contributed by atoms with Gasteiger partial charge < -0.3 is 10.3 Å². The zero-order valence-electron chi connectivity index (χ0n) is 20.5. The van der Waals surface area contributed by atoms with E-state index in [1.807, 2.05) is 42.9 Å². The number of hydrogen-bond acceptors (Lipinski definition) is 6. The molecule has 0 bridgehead atoms. The van der Waals surface area contributed by atoms with Gasteiger partial charge in [0.25, 0.3) is 0 Å². The predicted octanol–water partition coefficient (Wildman–Crippen LogP) is 5.75. The van der Waals surface area contributed by atoms with Crippen molar-refractivity contribution in [3.8, 4) is 33.6 Å². The molecule has 38 heavy (non-hydrogen) atoms. The number of anilines is 1. The van der Waals surface area contributed by atoms with Crippen LogP contribution in [0.15, 0.2) is 73.7 Å². The van der Waals surface area contributed by atoms with Gasteiger partial charge >= 0.3 is 0 Å². The van der Waals surface area contributed by atoms with Crippen molar-refractivity contribution in [1.29, 1.82) is 0 Å². The molecule has 0 aromatic carbocycles. The van der Waals surface area contributed by atoms with Gasteiger partial charge in [0.1, 0.15) is 0 Å². The van der Waals surface area contributed by atoms with E-state index in [0.29, 0.717) is 11.3 Å². The smallest absolute Gasteiger partial charge is 0.227 e. The van der Waals surface area contributed by atoms with Crippen LogP contribution in [-0.2, 0) is 4.79 Å². The van der Waals surface area contributed by atoms with Crippen LogP contribution in [0, 0.1) is 5.92 Å². The Bertz CT molecular complexity index is 1780. The number of carbonyl (C=O) groups is 1. The molecule has 7 rings (SSSR count). The van der Waals surface area contributed by atoms with Crippen LogP contribution in [0.4, 0.5) is 5.69 Å². The minimum Gasteiger partial charge on any atom is -0.352 e. The van der Waals surface area contributed by atoms with Gasteiger partial charge in [0.15, 0.2) is 5.65 Å². The molecular weight excluding hydrogens is 476 g/mol. The molecular formula is C29H24N8O. The summed E-state index contributed by atoms with van der Waals surface area (Å²) < 4.78 is 0. The highest BCUT2D eigenvalue weighted by molar-refractivity contribution is 6.00. The molecule has 6 aromatic rings. The number of pyridine rings is 4. The summed E-state index contributed by atoms with van der Waals surface area (Å²) >= 11 is 0. The number of H-pyrrole nitrogens is 2. The quantitative estimate of drug-likeness (QED) is 0.277. The molecule has 9 heteroatoms. The monoisotopic (exact) mass is 500 g/mol. The maximum absolute atomic E-state index is 12.6. The molecule has 0 saturated heterocycles. The molecule has 0 aliphatic heterocycles. The van der Waals surface area contributed by atoms with E-state index in [1.54, 1.807) is 24.8 Å². The molecule has 0 spiro atoms. The van der Waals surface area contributed by atoms with E-state index < -0.39 is 0 Å². The van der Waals surface area contributed by atoms with E-state index in [-0.39, 0.29) is 11.8 Å². The molecule has 1 saturated carbocycles. The van der Waals surface area contributed by atoms with Crippen LogP contribution in [-0.4, -0.2) is 41.0 Å². The number of amides is 1. The molecule has 0 radical (unpaired) electrons. The zero-order valence-corrected chi connectivity index (χ0v) is 20.5. The van der Waals surface area contributed by atoms with Crippen LogP contribution in [0.3, 0.4) is 0 Å². The van der Waals surface area contributed by atoms with Crippen LogP contribution in [0.1, 0.15) is 25.7 Å². The Morgan fingerprint density at radius 2 is 1.71 bits per heavy atom. The van der Waals surface area contributed by atoms with Crippen LogP contribution in [0.5, 0.6) is 0 Å². The maximum atomic E-state index is 12.6. The highest BCUT2D eigenvalue weighted by Gasteiger charge is 2.23. The minimum atomic E-state index is 0.0751. The number of nitrogens with one attached hydrogen (secondary N) is 3. The second-order valence-electron chi connectivity index (χ2n) is 9.70. The summed E-state index contributed by atoms with van der Waals surface area (Å²) in [5.74, 6) is 0.168. The minimum absolute atomic E-state index is 0.0751. The van der Waals surface area contributed by atoms with Gasteiger partial charge in [-0.1, -0.05) is 18.9 Å². The lowest BCUT2D eigenvalue weighted by Crippen LogP contribution is -2.20. The maximum Gasteiger partial charge on any atom is 0.227 e. The van der Waals surface area contributed by atoms with Crippen LogP contribution in [0.2, 0.25) is 0 Å². The number of carbonyl (C=O) groups excluding carboxylic acids is 1. The van der Waals surface area contributed by atoms with Gasteiger partial charge in [0.05, 0.1) is 35.0 Å². The van der Waals surface area contributed by atoms with Crippen molar-refractivity contribution in [2.24, 2.45) is 5.92 Å². The van der Waals surface area contributed by atoms with E-state index in [2.05, 4.69) is 46.5 Å². The Hall–Kier alpha value is -4.92. The lowest BCUT2D eigenvalue weighted by Gasteiger charge is -2.11. The molecule has 1 aliphatic rings. The van der Waals surface area contributed by atoms with Crippen LogP contribution < -0.4 is 5.32 Å². The first kappa shape index (κ1) is 22.3. The van der Waals surface area contributed by atoms with Crippen LogP contribution >= 0.6 is 0 Å². The molecule has 186 valence electrons. The molecule has 6 aromatic heterocycles. The highest BCUT2D eigenvalue weighted by Crippen LogP contribution is 2.34. The third-order valence-corrected chi connectivity index (χ3v) is 7.26. The van der Waals surface area contributed by atoms with E-state index in [4.69, 9.17) is 0 Å². The number of hydrogen-bond donors (Lipinski definition) is 3. The van der Waals surface area contributed by atoms with Crippen molar-refractivity contribution < 1.29 is 4.79 Å². The Balaban J connectivity index is 1.25. The average molecular weight is 501 g/mol. The van der Waals surface area contributed by atoms with Gasteiger partial charge in [0, 0.05) is 69.9 Å². The van der Waals surface area contributed by atoms with Gasteiger partial charge in [-0.25, -0.2) is 4.98 Å². The SMILES string of the molecule is O=C(Nc1cncc(-c2cnc3n[nH]c(-c4cc5c(-c6cccnc6)cncc5[nH]4)c3c2)c1)C1CCCC1. The first-order chi connectivity index (χ1) is 18.7. The van der Waals surface area contributed by atoms with E-state index in [9.17, 15) is 4.79 Å². The molecule has 9 nitrogen and oxygen atoms in total. The third-order valence-electron chi connectivity index (χ3n) is 7.26. The average Bonchev–Trinajstić information content (AvgIpc) is 3.73. The molecule has 1 amide bonds. The normalized spacial score (nSPS) is 13.9. The Morgan fingerprint density at radius 3 is 2.58 bits per heavy atom. The van der Waals surface area contributed by atoms with Gasteiger partial charge in [-0.3, -0.25) is 24.8 Å². The van der Waals surface area contributed by atoms with Gasteiger partial charge in [-0.05, 0) is 37.1 Å². The van der Waals surface area contributed by atoms with Crippen molar-refractivity contribution in [1.82, 2.24) is 35.1 Å². The van der Waals surface area contributed by atoms with Crippen molar-refractivity contribution in [2.45, 2.75) is 25.7 Å². The first-order valence-electron chi connectivity index (χ1n) is 12.7. The van der Waals surface area contributed by atoms with Gasteiger partial charge in [-0.15, -0.1) is 0 Å². The van der Waals surface area contributed by atoms with Crippen molar-refractivity contribution in [3.63, 3.8) is 0 Å². The fourth-order valence-electron chi connectivity index (χ4n) is 5.30. The summed E-state index contributed by atoms with van der Waals surface area (Å²) in [6, 6.07) is 10.0. The zero-order chi connectivity index (χ0) is 25.5. The summed E-state index contributed by atoms with van der Waals surface area (Å²) in [5, 5.41) is 12.5. The van der Waals surface area contributed by atoms with Crippen molar-refractivity contribution in [3.05, 3.63) is 73.7 Å². The Labute approximate surface area is 217 Å². The van der Waals surface area contributed by atoms with Gasteiger partial charge in [-0.2, -0.15) is 5.10 Å². The summed E-state index contributed by atoms with van der Waals surface area (Å²) in [4.78, 5) is 33.7.